The van der Waals surface area contributed by atoms with Gasteiger partial charge in [0.25, 0.3) is 5.78 Å². The normalized spacial score (nSPS) is 11.2. The second kappa shape index (κ2) is 9.21. The van der Waals surface area contributed by atoms with Crippen molar-refractivity contribution in [2.75, 3.05) is 17.6 Å². The number of nitrogens with zero attached hydrogens (tertiary/aromatic N) is 10. The van der Waals surface area contributed by atoms with Gasteiger partial charge in [-0.15, -0.1) is 15.3 Å². The van der Waals surface area contributed by atoms with Crippen LogP contribution in [0.3, 0.4) is 0 Å². The summed E-state index contributed by atoms with van der Waals surface area (Å²) in [5.74, 6) is 2.40. The van der Waals surface area contributed by atoms with Gasteiger partial charge in [0.1, 0.15) is 0 Å². The van der Waals surface area contributed by atoms with Crippen molar-refractivity contribution >= 4 is 17.7 Å². The largest absolute Gasteiger partial charge is 0.461 e. The van der Waals surface area contributed by atoms with Crippen molar-refractivity contribution in [2.24, 2.45) is 0 Å². The van der Waals surface area contributed by atoms with Crippen LogP contribution >= 0.6 is 0 Å². The Morgan fingerprint density at radius 1 is 0.889 bits per heavy atom. The van der Waals surface area contributed by atoms with E-state index in [0.717, 1.165) is 23.1 Å². The first-order valence-corrected chi connectivity index (χ1v) is 11.2. The SMILES string of the molecule is Nc1nc(NCCc2ccc(-c3nnn(Cc4ccncc4)n3)cc2)nc2nc(-c3ccco3)nn12. The van der Waals surface area contributed by atoms with Gasteiger partial charge in [-0.3, -0.25) is 4.98 Å². The minimum atomic E-state index is 0.182. The minimum absolute atomic E-state index is 0.182. The predicted octanol–water partition coefficient (Wildman–Crippen LogP) is 2.11. The maximum Gasteiger partial charge on any atom is 0.259 e. The standard InChI is InChI=1S/C23H20N12O/c24-21-28-22(29-23-27-20(32-35(21)23)18-2-1-13-36-18)26-12-9-15-3-5-17(6-4-15)19-30-33-34(31-19)14-16-7-10-25-11-8-16/h1-8,10-11,13H,9,12,14H2,(H3,24,26,27,28,29,32). The number of tetrazole rings is 1. The zero-order valence-corrected chi connectivity index (χ0v) is 18.9. The quantitative estimate of drug-likeness (QED) is 0.328. The van der Waals surface area contributed by atoms with Crippen LogP contribution in [0.2, 0.25) is 0 Å². The number of hydrogen-bond donors (Lipinski definition) is 2. The first-order chi connectivity index (χ1) is 17.7. The second-order valence-electron chi connectivity index (χ2n) is 7.90. The van der Waals surface area contributed by atoms with Crippen molar-refractivity contribution in [3.05, 3.63) is 78.3 Å². The molecule has 0 atom stereocenters. The third kappa shape index (κ3) is 4.44. The molecule has 5 aromatic heterocycles. The van der Waals surface area contributed by atoms with E-state index in [1.807, 2.05) is 36.4 Å². The first-order valence-electron chi connectivity index (χ1n) is 11.2. The summed E-state index contributed by atoms with van der Waals surface area (Å²) >= 11 is 0. The van der Waals surface area contributed by atoms with Gasteiger partial charge in [0, 0.05) is 24.5 Å². The van der Waals surface area contributed by atoms with Gasteiger partial charge >= 0.3 is 0 Å². The van der Waals surface area contributed by atoms with E-state index in [4.69, 9.17) is 10.2 Å². The van der Waals surface area contributed by atoms with Crippen molar-refractivity contribution < 1.29 is 4.42 Å². The Bertz CT molecular complexity index is 1590. The van der Waals surface area contributed by atoms with Crippen LogP contribution in [0.15, 0.2) is 71.6 Å². The lowest BCUT2D eigenvalue weighted by Crippen LogP contribution is -2.12. The average Bonchev–Trinajstić information content (AvgIpc) is 3.66. The van der Waals surface area contributed by atoms with Crippen molar-refractivity contribution in [3.8, 4) is 23.0 Å². The molecule has 6 rings (SSSR count). The molecule has 6 aromatic rings. The van der Waals surface area contributed by atoms with Crippen LogP contribution in [0.4, 0.5) is 11.9 Å². The van der Waals surface area contributed by atoms with E-state index < -0.39 is 0 Å². The molecule has 5 heterocycles. The van der Waals surface area contributed by atoms with Crippen LogP contribution in [-0.2, 0) is 13.0 Å². The molecule has 0 spiro atoms. The fourth-order valence-electron chi connectivity index (χ4n) is 3.61. The van der Waals surface area contributed by atoms with Crippen molar-refractivity contribution in [1.29, 1.82) is 0 Å². The van der Waals surface area contributed by atoms with E-state index >= 15 is 0 Å². The monoisotopic (exact) mass is 480 g/mol. The highest BCUT2D eigenvalue weighted by Gasteiger charge is 2.14. The van der Waals surface area contributed by atoms with E-state index in [-0.39, 0.29) is 5.95 Å². The van der Waals surface area contributed by atoms with Gasteiger partial charge in [-0.25, -0.2) is 0 Å². The lowest BCUT2D eigenvalue weighted by Gasteiger charge is -2.06. The maximum absolute atomic E-state index is 6.04. The molecule has 0 radical (unpaired) electrons. The number of fused-ring (bicyclic) bond motifs is 1. The van der Waals surface area contributed by atoms with Crippen LogP contribution in [0.25, 0.3) is 28.8 Å². The fraction of sp³-hybridized carbons (Fsp3) is 0.130. The Labute approximate surface area is 204 Å². The maximum atomic E-state index is 6.04. The molecule has 0 aliphatic heterocycles. The number of hydrogen-bond acceptors (Lipinski definition) is 11. The van der Waals surface area contributed by atoms with Crippen molar-refractivity contribution in [1.82, 2.24) is 49.8 Å². The molecule has 0 fully saturated rings. The van der Waals surface area contributed by atoms with E-state index in [2.05, 4.69) is 45.8 Å². The van der Waals surface area contributed by atoms with E-state index in [9.17, 15) is 0 Å². The van der Waals surface area contributed by atoms with Crippen LogP contribution in [0.1, 0.15) is 11.1 Å². The number of furan rings is 1. The Kier molecular flexibility index (Phi) is 5.46. The van der Waals surface area contributed by atoms with Gasteiger partial charge < -0.3 is 15.5 Å². The third-order valence-electron chi connectivity index (χ3n) is 5.41. The Morgan fingerprint density at radius 2 is 1.75 bits per heavy atom. The number of nitrogens with one attached hydrogen (secondary N) is 1. The van der Waals surface area contributed by atoms with E-state index in [1.165, 1.54) is 4.52 Å². The van der Waals surface area contributed by atoms with Crippen LogP contribution in [0.5, 0.6) is 0 Å². The molecule has 0 aliphatic carbocycles. The van der Waals surface area contributed by atoms with Gasteiger partial charge in [-0.2, -0.15) is 24.3 Å². The molecule has 178 valence electrons. The predicted molar refractivity (Wildman–Crippen MR) is 129 cm³/mol. The zero-order valence-electron chi connectivity index (χ0n) is 18.9. The summed E-state index contributed by atoms with van der Waals surface area (Å²) in [5.41, 5.74) is 9.13. The highest BCUT2D eigenvalue weighted by molar-refractivity contribution is 5.54. The summed E-state index contributed by atoms with van der Waals surface area (Å²) in [6, 6.07) is 15.4. The van der Waals surface area contributed by atoms with Crippen molar-refractivity contribution in [3.63, 3.8) is 0 Å². The fourth-order valence-corrected chi connectivity index (χ4v) is 3.61. The van der Waals surface area contributed by atoms with Gasteiger partial charge in [0.2, 0.25) is 23.5 Å². The summed E-state index contributed by atoms with van der Waals surface area (Å²) in [7, 11) is 0. The summed E-state index contributed by atoms with van der Waals surface area (Å²) in [5, 5.41) is 20.3. The molecule has 0 aliphatic rings. The van der Waals surface area contributed by atoms with Gasteiger partial charge in [-0.05, 0) is 47.0 Å². The second-order valence-corrected chi connectivity index (χ2v) is 7.90. The summed E-state index contributed by atoms with van der Waals surface area (Å²) in [6.07, 6.45) is 5.79. The molecule has 1 aromatic carbocycles. The lowest BCUT2D eigenvalue weighted by molar-refractivity contribution is 0.572. The highest BCUT2D eigenvalue weighted by Crippen LogP contribution is 2.18. The molecule has 13 heteroatoms. The highest BCUT2D eigenvalue weighted by atomic mass is 16.3. The molecule has 0 saturated heterocycles. The van der Waals surface area contributed by atoms with Gasteiger partial charge in [0.05, 0.1) is 12.8 Å². The van der Waals surface area contributed by atoms with Crippen molar-refractivity contribution in [2.45, 2.75) is 13.0 Å². The van der Waals surface area contributed by atoms with E-state index in [1.54, 1.807) is 35.6 Å². The topological polar surface area (TPSA) is 164 Å². The third-order valence-corrected chi connectivity index (χ3v) is 5.41. The van der Waals surface area contributed by atoms with Gasteiger partial charge in [0.15, 0.2) is 5.76 Å². The Hall–Kier alpha value is -5.20. The number of rotatable bonds is 8. The van der Waals surface area contributed by atoms with Crippen LogP contribution in [-0.4, -0.2) is 56.3 Å². The number of aromatic nitrogens is 10. The smallest absolute Gasteiger partial charge is 0.259 e. The Balaban J connectivity index is 1.08. The van der Waals surface area contributed by atoms with Gasteiger partial charge in [-0.1, -0.05) is 24.3 Å². The number of pyridine rings is 1. The first kappa shape index (κ1) is 21.3. The summed E-state index contributed by atoms with van der Waals surface area (Å²) in [6.45, 7) is 1.14. The number of benzene rings is 1. The molecule has 0 bridgehead atoms. The molecule has 13 nitrogen and oxygen atoms in total. The lowest BCUT2D eigenvalue weighted by atomic mass is 10.1. The van der Waals surface area contributed by atoms with E-state index in [0.29, 0.717) is 42.2 Å². The molecule has 0 unspecified atom stereocenters. The molecule has 0 amide bonds. The molecular weight excluding hydrogens is 460 g/mol. The zero-order chi connectivity index (χ0) is 24.3. The minimum Gasteiger partial charge on any atom is -0.461 e. The number of nitrogen functional groups attached to an aromatic ring is 1. The molecule has 3 N–H and O–H groups in total. The van der Waals surface area contributed by atoms with Crippen LogP contribution < -0.4 is 11.1 Å². The number of anilines is 2. The van der Waals surface area contributed by atoms with Crippen LogP contribution in [0, 0.1) is 0 Å². The summed E-state index contributed by atoms with van der Waals surface area (Å²) < 4.78 is 6.72. The molecular formula is C23H20N12O. The Morgan fingerprint density at radius 3 is 2.56 bits per heavy atom. The molecule has 36 heavy (non-hydrogen) atoms. The average molecular weight is 480 g/mol. The molecule has 0 saturated carbocycles. The summed E-state index contributed by atoms with van der Waals surface area (Å²) in [4.78, 5) is 18.6. The number of nitrogens with two attached hydrogens (primary N) is 1.